The Morgan fingerprint density at radius 3 is 2.71 bits per heavy atom. The molecule has 0 heterocycles. The summed E-state index contributed by atoms with van der Waals surface area (Å²) >= 11 is 3.24. The van der Waals surface area contributed by atoms with Crippen LogP contribution in [0.15, 0.2) is 46.9 Å². The van der Waals surface area contributed by atoms with Gasteiger partial charge in [-0.3, -0.25) is 10.1 Å². The van der Waals surface area contributed by atoms with Crippen LogP contribution in [0.1, 0.15) is 11.1 Å². The summed E-state index contributed by atoms with van der Waals surface area (Å²) in [6.07, 6.45) is 0. The van der Waals surface area contributed by atoms with Crippen LogP contribution in [-0.2, 0) is 13.2 Å². The lowest BCUT2D eigenvalue weighted by molar-refractivity contribution is -0.385. The van der Waals surface area contributed by atoms with Crippen molar-refractivity contribution in [3.8, 4) is 5.75 Å². The van der Waals surface area contributed by atoms with Crippen molar-refractivity contribution in [3.05, 3.63) is 68.2 Å². The van der Waals surface area contributed by atoms with E-state index in [1.807, 2.05) is 31.3 Å². The number of ether oxygens (including phenoxy) is 1. The maximum Gasteiger partial charge on any atom is 0.277 e. The zero-order valence-corrected chi connectivity index (χ0v) is 13.1. The third kappa shape index (κ3) is 4.03. The van der Waals surface area contributed by atoms with E-state index in [9.17, 15) is 10.1 Å². The predicted octanol–water partition coefficient (Wildman–Crippen LogP) is 3.66. The molecule has 0 aromatic heterocycles. The molecule has 110 valence electrons. The monoisotopic (exact) mass is 350 g/mol. The Bertz CT molecular complexity index is 647. The fourth-order valence-corrected chi connectivity index (χ4v) is 2.31. The van der Waals surface area contributed by atoms with Gasteiger partial charge < -0.3 is 10.1 Å². The van der Waals surface area contributed by atoms with Crippen LogP contribution in [0.3, 0.4) is 0 Å². The molecule has 0 aliphatic carbocycles. The minimum absolute atomic E-state index is 0.0514. The highest BCUT2D eigenvalue weighted by molar-refractivity contribution is 9.10. The molecule has 0 spiro atoms. The summed E-state index contributed by atoms with van der Waals surface area (Å²) in [4.78, 5) is 10.7. The Morgan fingerprint density at radius 1 is 1.24 bits per heavy atom. The number of nitrogens with zero attached hydrogens (tertiary/aromatic N) is 1. The van der Waals surface area contributed by atoms with Gasteiger partial charge in [-0.25, -0.2) is 0 Å². The first-order chi connectivity index (χ1) is 10.1. The van der Waals surface area contributed by atoms with E-state index < -0.39 is 4.92 Å². The summed E-state index contributed by atoms with van der Waals surface area (Å²) in [5.41, 5.74) is 1.61. The van der Waals surface area contributed by atoms with Crippen molar-refractivity contribution in [2.24, 2.45) is 0 Å². The smallest absolute Gasteiger partial charge is 0.277 e. The summed E-state index contributed by atoms with van der Waals surface area (Å²) in [6, 6.07) is 12.6. The van der Waals surface area contributed by atoms with Crippen LogP contribution in [0, 0.1) is 10.1 Å². The first kappa shape index (κ1) is 15.5. The third-order valence-corrected chi connectivity index (χ3v) is 3.46. The maximum absolute atomic E-state index is 11.1. The number of nitro benzene ring substituents is 1. The second kappa shape index (κ2) is 7.19. The van der Waals surface area contributed by atoms with Gasteiger partial charge in [0.15, 0.2) is 0 Å². The largest absolute Gasteiger partial charge is 0.488 e. The molecule has 6 heteroatoms. The lowest BCUT2D eigenvalue weighted by Gasteiger charge is -2.11. The zero-order valence-electron chi connectivity index (χ0n) is 11.5. The Balaban J connectivity index is 2.19. The molecule has 1 N–H and O–H groups in total. The van der Waals surface area contributed by atoms with Crippen molar-refractivity contribution in [3.63, 3.8) is 0 Å². The Morgan fingerprint density at radius 2 is 2.00 bits per heavy atom. The first-order valence-corrected chi connectivity index (χ1v) is 7.19. The number of nitro groups is 1. The Kier molecular flexibility index (Phi) is 5.30. The molecule has 0 radical (unpaired) electrons. The van der Waals surface area contributed by atoms with Crippen LogP contribution in [0.2, 0.25) is 0 Å². The van der Waals surface area contributed by atoms with Crippen LogP contribution in [0.25, 0.3) is 0 Å². The lowest BCUT2D eigenvalue weighted by Crippen LogP contribution is -2.08. The fraction of sp³-hybridized carbons (Fsp3) is 0.200. The molecule has 0 saturated carbocycles. The second-order valence-electron chi connectivity index (χ2n) is 4.46. The van der Waals surface area contributed by atoms with E-state index in [0.29, 0.717) is 16.6 Å². The van der Waals surface area contributed by atoms with Crippen molar-refractivity contribution in [1.82, 2.24) is 5.32 Å². The van der Waals surface area contributed by atoms with Gasteiger partial charge in [-0.2, -0.15) is 0 Å². The van der Waals surface area contributed by atoms with Gasteiger partial charge in [0.25, 0.3) is 5.69 Å². The van der Waals surface area contributed by atoms with E-state index in [0.717, 1.165) is 11.3 Å². The van der Waals surface area contributed by atoms with E-state index in [4.69, 9.17) is 4.74 Å². The molecule has 2 rings (SSSR count). The van der Waals surface area contributed by atoms with Crippen LogP contribution in [-0.4, -0.2) is 12.0 Å². The predicted molar refractivity (Wildman–Crippen MR) is 84.3 cm³/mol. The SMILES string of the molecule is CNCc1ccccc1OCc1ccc(Br)cc1[N+](=O)[O-]. The molecule has 0 atom stereocenters. The topological polar surface area (TPSA) is 64.4 Å². The summed E-state index contributed by atoms with van der Waals surface area (Å²) in [5, 5.41) is 14.1. The number of nitrogens with one attached hydrogen (secondary N) is 1. The van der Waals surface area contributed by atoms with Gasteiger partial charge in [0, 0.05) is 22.6 Å². The quantitative estimate of drug-likeness (QED) is 0.637. The minimum atomic E-state index is -0.400. The number of benzene rings is 2. The van der Waals surface area contributed by atoms with Crippen molar-refractivity contribution in [1.29, 1.82) is 0 Å². The molecule has 0 bridgehead atoms. The highest BCUT2D eigenvalue weighted by atomic mass is 79.9. The van der Waals surface area contributed by atoms with E-state index in [-0.39, 0.29) is 12.3 Å². The average molecular weight is 351 g/mol. The van der Waals surface area contributed by atoms with Gasteiger partial charge in [-0.05, 0) is 25.2 Å². The fourth-order valence-electron chi connectivity index (χ4n) is 1.97. The van der Waals surface area contributed by atoms with Crippen LogP contribution in [0.5, 0.6) is 5.75 Å². The number of rotatable bonds is 6. The molecule has 0 unspecified atom stereocenters. The third-order valence-electron chi connectivity index (χ3n) is 2.97. The van der Waals surface area contributed by atoms with Crippen LogP contribution >= 0.6 is 15.9 Å². The summed E-state index contributed by atoms with van der Waals surface area (Å²) in [5.74, 6) is 0.726. The first-order valence-electron chi connectivity index (χ1n) is 6.40. The van der Waals surface area contributed by atoms with Crippen molar-refractivity contribution < 1.29 is 9.66 Å². The lowest BCUT2D eigenvalue weighted by atomic mass is 10.2. The molecule has 0 aliphatic heterocycles. The molecule has 0 aliphatic rings. The van der Waals surface area contributed by atoms with Crippen molar-refractivity contribution in [2.45, 2.75) is 13.2 Å². The Hall–Kier alpha value is -1.92. The normalized spacial score (nSPS) is 10.4. The molecule has 2 aromatic carbocycles. The molecule has 0 amide bonds. The number of para-hydroxylation sites is 1. The molecule has 5 nitrogen and oxygen atoms in total. The van der Waals surface area contributed by atoms with Crippen LogP contribution in [0.4, 0.5) is 5.69 Å². The maximum atomic E-state index is 11.1. The standard InChI is InChI=1S/C15H15BrN2O3/c1-17-9-11-4-2-3-5-15(11)21-10-12-6-7-13(16)8-14(12)18(19)20/h2-8,17H,9-10H2,1H3. The Labute approximate surface area is 131 Å². The minimum Gasteiger partial charge on any atom is -0.488 e. The van der Waals surface area contributed by atoms with Gasteiger partial charge in [0.05, 0.1) is 10.5 Å². The number of hydrogen-bond acceptors (Lipinski definition) is 4. The molecule has 21 heavy (non-hydrogen) atoms. The van der Waals surface area contributed by atoms with E-state index >= 15 is 0 Å². The molecule has 0 fully saturated rings. The van der Waals surface area contributed by atoms with Gasteiger partial charge in [0.1, 0.15) is 12.4 Å². The zero-order chi connectivity index (χ0) is 15.2. The van der Waals surface area contributed by atoms with Gasteiger partial charge in [0.2, 0.25) is 0 Å². The number of hydrogen-bond donors (Lipinski definition) is 1. The number of halogens is 1. The highest BCUT2D eigenvalue weighted by Crippen LogP contribution is 2.26. The molecule has 0 saturated heterocycles. The van der Waals surface area contributed by atoms with Gasteiger partial charge in [-0.1, -0.05) is 34.1 Å². The van der Waals surface area contributed by atoms with Crippen LogP contribution < -0.4 is 10.1 Å². The van der Waals surface area contributed by atoms with E-state index in [1.54, 1.807) is 12.1 Å². The summed E-state index contributed by atoms with van der Waals surface area (Å²) in [6.45, 7) is 0.836. The molecular formula is C15H15BrN2O3. The summed E-state index contributed by atoms with van der Waals surface area (Å²) < 4.78 is 6.42. The summed E-state index contributed by atoms with van der Waals surface area (Å²) in [7, 11) is 1.86. The van der Waals surface area contributed by atoms with E-state index in [1.165, 1.54) is 6.07 Å². The average Bonchev–Trinajstić information content (AvgIpc) is 2.47. The molecular weight excluding hydrogens is 336 g/mol. The van der Waals surface area contributed by atoms with Gasteiger partial charge >= 0.3 is 0 Å². The highest BCUT2D eigenvalue weighted by Gasteiger charge is 2.15. The van der Waals surface area contributed by atoms with Crippen molar-refractivity contribution >= 4 is 21.6 Å². The molecule has 2 aromatic rings. The van der Waals surface area contributed by atoms with E-state index in [2.05, 4.69) is 21.2 Å². The van der Waals surface area contributed by atoms with Crippen molar-refractivity contribution in [2.75, 3.05) is 7.05 Å². The second-order valence-corrected chi connectivity index (χ2v) is 5.37. The van der Waals surface area contributed by atoms with Gasteiger partial charge in [-0.15, -0.1) is 0 Å².